The van der Waals surface area contributed by atoms with Crippen LogP contribution in [0.15, 0.2) is 29.2 Å². The fraction of sp³-hybridized carbons (Fsp3) is 0.529. The van der Waals surface area contributed by atoms with Crippen LogP contribution in [0.1, 0.15) is 42.5 Å². The van der Waals surface area contributed by atoms with E-state index >= 15 is 0 Å². The molecule has 0 aliphatic carbocycles. The lowest BCUT2D eigenvalue weighted by Crippen LogP contribution is -2.37. The molecule has 0 radical (unpaired) electrons. The minimum Gasteiger partial charge on any atom is -0.452 e. The number of amides is 1. The smallest absolute Gasteiger partial charge is 0.339 e. The maximum atomic E-state index is 12.2. The van der Waals surface area contributed by atoms with E-state index in [0.717, 1.165) is 31.9 Å². The van der Waals surface area contributed by atoms with E-state index in [9.17, 15) is 18.0 Å². The van der Waals surface area contributed by atoms with Gasteiger partial charge in [-0.3, -0.25) is 4.79 Å². The van der Waals surface area contributed by atoms with E-state index in [1.165, 1.54) is 18.6 Å². The van der Waals surface area contributed by atoms with E-state index < -0.39 is 15.8 Å². The summed E-state index contributed by atoms with van der Waals surface area (Å²) in [6, 6.07) is 5.84. The minimum atomic E-state index is -3.54. The Morgan fingerprint density at radius 3 is 2.25 bits per heavy atom. The van der Waals surface area contributed by atoms with E-state index in [4.69, 9.17) is 4.74 Å². The standard InChI is InChI=1S/C17H23NO5S/c1-24(21,22)15-10-6-5-9-14(15)17(20)23-13-16(19)18-11-7-3-2-4-8-12-18/h5-6,9-10H,2-4,7-8,11-13H2,1H3. The zero-order chi connectivity index (χ0) is 17.6. The number of likely N-dealkylation sites (tertiary alicyclic amines) is 1. The van der Waals surface area contributed by atoms with Crippen LogP contribution in [0.5, 0.6) is 0 Å². The quantitative estimate of drug-likeness (QED) is 0.774. The molecule has 1 amide bonds. The molecular formula is C17H23NO5S. The number of benzene rings is 1. The molecule has 0 aromatic heterocycles. The van der Waals surface area contributed by atoms with Gasteiger partial charge in [-0.15, -0.1) is 0 Å². The first kappa shape index (κ1) is 18.4. The van der Waals surface area contributed by atoms with E-state index in [0.29, 0.717) is 13.1 Å². The van der Waals surface area contributed by atoms with Gasteiger partial charge in [-0.2, -0.15) is 0 Å². The lowest BCUT2D eigenvalue weighted by molar-refractivity contribution is -0.134. The van der Waals surface area contributed by atoms with Gasteiger partial charge in [0.15, 0.2) is 16.4 Å². The van der Waals surface area contributed by atoms with Gasteiger partial charge in [0.2, 0.25) is 0 Å². The molecule has 1 saturated heterocycles. The first-order chi connectivity index (χ1) is 11.4. The molecule has 6 nitrogen and oxygen atoms in total. The Hall–Kier alpha value is -1.89. The lowest BCUT2D eigenvalue weighted by Gasteiger charge is -2.24. The van der Waals surface area contributed by atoms with Crippen LogP contribution in [0.3, 0.4) is 0 Å². The van der Waals surface area contributed by atoms with Crippen LogP contribution in [0, 0.1) is 0 Å². The number of ether oxygens (including phenoxy) is 1. The number of hydrogen-bond donors (Lipinski definition) is 0. The van der Waals surface area contributed by atoms with Gasteiger partial charge < -0.3 is 9.64 Å². The fourth-order valence-corrected chi connectivity index (χ4v) is 3.63. The average Bonchev–Trinajstić information content (AvgIpc) is 2.51. The van der Waals surface area contributed by atoms with E-state index in [-0.39, 0.29) is 23.0 Å². The third-order valence-electron chi connectivity index (χ3n) is 4.04. The van der Waals surface area contributed by atoms with Crippen LogP contribution in [-0.2, 0) is 19.4 Å². The predicted octanol–water partition coefficient (Wildman–Crippen LogP) is 2.04. The summed E-state index contributed by atoms with van der Waals surface area (Å²) in [5, 5.41) is 0. The summed E-state index contributed by atoms with van der Waals surface area (Å²) in [4.78, 5) is 26.0. The van der Waals surface area contributed by atoms with E-state index in [1.54, 1.807) is 17.0 Å². The molecule has 24 heavy (non-hydrogen) atoms. The first-order valence-corrected chi connectivity index (χ1v) is 10.0. The van der Waals surface area contributed by atoms with Crippen molar-refractivity contribution in [1.82, 2.24) is 4.90 Å². The molecule has 7 heteroatoms. The third kappa shape index (κ3) is 5.06. The Kier molecular flexibility index (Phi) is 6.36. The first-order valence-electron chi connectivity index (χ1n) is 8.13. The highest BCUT2D eigenvalue weighted by molar-refractivity contribution is 7.90. The van der Waals surface area contributed by atoms with Crippen LogP contribution in [0.4, 0.5) is 0 Å². The molecule has 0 unspecified atom stereocenters. The van der Waals surface area contributed by atoms with Crippen molar-refractivity contribution in [3.05, 3.63) is 29.8 Å². The molecule has 1 aromatic carbocycles. The second-order valence-corrected chi connectivity index (χ2v) is 7.98. The van der Waals surface area contributed by atoms with Gasteiger partial charge in [0, 0.05) is 19.3 Å². The maximum Gasteiger partial charge on any atom is 0.339 e. The number of carbonyl (C=O) groups is 2. The maximum absolute atomic E-state index is 12.2. The van der Waals surface area contributed by atoms with Gasteiger partial charge in [0.05, 0.1) is 10.5 Å². The molecule has 0 N–H and O–H groups in total. The second kappa shape index (κ2) is 8.28. The van der Waals surface area contributed by atoms with Crippen LogP contribution >= 0.6 is 0 Å². The van der Waals surface area contributed by atoms with E-state index in [2.05, 4.69) is 0 Å². The summed E-state index contributed by atoms with van der Waals surface area (Å²) >= 11 is 0. The molecule has 0 atom stereocenters. The third-order valence-corrected chi connectivity index (χ3v) is 5.20. The Labute approximate surface area is 142 Å². The Balaban J connectivity index is 1.99. The van der Waals surface area contributed by atoms with E-state index in [1.807, 2.05) is 0 Å². The number of esters is 1. The highest BCUT2D eigenvalue weighted by atomic mass is 32.2. The Bertz CT molecular complexity index is 691. The van der Waals surface area contributed by atoms with Gasteiger partial charge in [0.1, 0.15) is 0 Å². The van der Waals surface area contributed by atoms with Crippen molar-refractivity contribution < 1.29 is 22.7 Å². The fourth-order valence-electron chi connectivity index (χ4n) is 2.75. The predicted molar refractivity (Wildman–Crippen MR) is 89.5 cm³/mol. The summed E-state index contributed by atoms with van der Waals surface area (Å²) in [5.74, 6) is -1.03. The number of sulfone groups is 1. The minimum absolute atomic E-state index is 0.0412. The molecule has 1 heterocycles. The summed E-state index contributed by atoms with van der Waals surface area (Å²) in [5.41, 5.74) is -0.0412. The highest BCUT2D eigenvalue weighted by Crippen LogP contribution is 2.16. The molecule has 0 saturated carbocycles. The van der Waals surface area contributed by atoms with Crippen molar-refractivity contribution in [2.24, 2.45) is 0 Å². The van der Waals surface area contributed by atoms with Gasteiger partial charge in [-0.25, -0.2) is 13.2 Å². The van der Waals surface area contributed by atoms with Crippen molar-refractivity contribution in [3.8, 4) is 0 Å². The van der Waals surface area contributed by atoms with Crippen LogP contribution in [0.25, 0.3) is 0 Å². The topological polar surface area (TPSA) is 80.7 Å². The largest absolute Gasteiger partial charge is 0.452 e. The zero-order valence-corrected chi connectivity index (χ0v) is 14.7. The second-order valence-electron chi connectivity index (χ2n) is 5.99. The average molecular weight is 353 g/mol. The number of hydrogen-bond acceptors (Lipinski definition) is 5. The van der Waals surface area contributed by atoms with Gasteiger partial charge in [-0.05, 0) is 25.0 Å². The monoisotopic (exact) mass is 353 g/mol. The van der Waals surface area contributed by atoms with Gasteiger partial charge in [-0.1, -0.05) is 31.4 Å². The zero-order valence-electron chi connectivity index (χ0n) is 13.9. The van der Waals surface area contributed by atoms with Gasteiger partial charge in [0.25, 0.3) is 5.91 Å². The normalized spacial score (nSPS) is 16.1. The summed E-state index contributed by atoms with van der Waals surface area (Å²) in [7, 11) is -3.54. The van der Waals surface area contributed by atoms with Crippen molar-refractivity contribution in [3.63, 3.8) is 0 Å². The Morgan fingerprint density at radius 2 is 1.62 bits per heavy atom. The van der Waals surface area contributed by atoms with Gasteiger partial charge >= 0.3 is 5.97 Å². The molecule has 1 aromatic rings. The SMILES string of the molecule is CS(=O)(=O)c1ccccc1C(=O)OCC(=O)N1CCCCCCC1. The summed E-state index contributed by atoms with van der Waals surface area (Å²) in [6.07, 6.45) is 6.34. The molecule has 0 spiro atoms. The number of carbonyl (C=O) groups excluding carboxylic acids is 2. The highest BCUT2D eigenvalue weighted by Gasteiger charge is 2.21. The molecular weight excluding hydrogens is 330 g/mol. The molecule has 132 valence electrons. The number of rotatable bonds is 4. The Morgan fingerprint density at radius 1 is 1.04 bits per heavy atom. The van der Waals surface area contributed by atoms with Crippen molar-refractivity contribution in [2.75, 3.05) is 26.0 Å². The van der Waals surface area contributed by atoms with Crippen LogP contribution < -0.4 is 0 Å². The summed E-state index contributed by atoms with van der Waals surface area (Å²) < 4.78 is 28.5. The summed E-state index contributed by atoms with van der Waals surface area (Å²) in [6.45, 7) is 0.990. The van der Waals surface area contributed by atoms with Crippen molar-refractivity contribution in [1.29, 1.82) is 0 Å². The number of nitrogens with zero attached hydrogens (tertiary/aromatic N) is 1. The van der Waals surface area contributed by atoms with Crippen LogP contribution in [-0.4, -0.2) is 51.1 Å². The molecule has 0 bridgehead atoms. The van der Waals surface area contributed by atoms with Crippen molar-refractivity contribution in [2.45, 2.75) is 37.0 Å². The molecule has 2 rings (SSSR count). The van der Waals surface area contributed by atoms with Crippen molar-refractivity contribution >= 4 is 21.7 Å². The molecule has 1 fully saturated rings. The molecule has 1 aliphatic rings. The molecule has 1 aliphatic heterocycles. The lowest BCUT2D eigenvalue weighted by atomic mass is 10.1. The van der Waals surface area contributed by atoms with Crippen LogP contribution in [0.2, 0.25) is 0 Å².